The van der Waals surface area contributed by atoms with E-state index in [1.54, 1.807) is 6.92 Å². The number of hydrogen-bond donors (Lipinski definition) is 1. The van der Waals surface area contributed by atoms with Crippen molar-refractivity contribution >= 4 is 27.5 Å². The third-order valence-electron chi connectivity index (χ3n) is 3.08. The number of ether oxygens (including phenoxy) is 2. The van der Waals surface area contributed by atoms with Crippen molar-refractivity contribution in [3.05, 3.63) is 33.8 Å². The molecule has 1 aromatic rings. The zero-order chi connectivity index (χ0) is 14.7. The first kappa shape index (κ1) is 14.8. The van der Waals surface area contributed by atoms with Gasteiger partial charge in [-0.25, -0.2) is 4.39 Å². The van der Waals surface area contributed by atoms with Gasteiger partial charge in [-0.3, -0.25) is 4.79 Å². The van der Waals surface area contributed by atoms with Gasteiger partial charge in [-0.05, 0) is 41.8 Å². The molecule has 0 saturated carbocycles. The summed E-state index contributed by atoms with van der Waals surface area (Å²) in [6, 6.07) is 2.70. The number of amides is 1. The number of rotatable bonds is 3. The van der Waals surface area contributed by atoms with Gasteiger partial charge in [0.05, 0.1) is 29.4 Å². The second-order valence-corrected chi connectivity index (χ2v) is 5.26. The minimum absolute atomic E-state index is 0.251. The van der Waals surface area contributed by atoms with Crippen LogP contribution in [0.3, 0.4) is 0 Å². The normalized spacial score (nSPS) is 14.8. The van der Waals surface area contributed by atoms with Crippen LogP contribution in [0.25, 0.3) is 0 Å². The molecule has 1 amide bonds. The lowest BCUT2D eigenvalue weighted by Gasteiger charge is -2.19. The molecule has 0 atom stereocenters. The number of allylic oxidation sites excluding steroid dienone is 1. The van der Waals surface area contributed by atoms with Crippen LogP contribution in [0.1, 0.15) is 19.8 Å². The topological polar surface area (TPSA) is 47.6 Å². The standard InChI is InChI=1S/C14H15BrFNO3/c1-8-9(4-3-5-20-8)14(18)17-12-6-10(15)11(16)7-13(12)19-2/h6-7H,3-5H2,1-2H3,(H,17,18). The van der Waals surface area contributed by atoms with Gasteiger partial charge in [0.25, 0.3) is 5.91 Å². The average molecular weight is 344 g/mol. The zero-order valence-electron chi connectivity index (χ0n) is 11.3. The van der Waals surface area contributed by atoms with Crippen LogP contribution >= 0.6 is 15.9 Å². The molecule has 0 aliphatic carbocycles. The van der Waals surface area contributed by atoms with Gasteiger partial charge in [0.15, 0.2) is 0 Å². The Kier molecular flexibility index (Phi) is 4.65. The van der Waals surface area contributed by atoms with Crippen molar-refractivity contribution in [2.45, 2.75) is 19.8 Å². The highest BCUT2D eigenvalue weighted by Crippen LogP contribution is 2.31. The van der Waals surface area contributed by atoms with Gasteiger partial charge in [0.1, 0.15) is 17.3 Å². The summed E-state index contributed by atoms with van der Waals surface area (Å²) in [4.78, 5) is 12.2. The predicted octanol–water partition coefficient (Wildman–Crippen LogP) is 3.62. The van der Waals surface area contributed by atoms with Gasteiger partial charge in [-0.2, -0.15) is 0 Å². The molecular formula is C14H15BrFNO3. The summed E-state index contributed by atoms with van der Waals surface area (Å²) < 4.78 is 24.1. The highest BCUT2D eigenvalue weighted by atomic mass is 79.9. The van der Waals surface area contributed by atoms with Gasteiger partial charge in [-0.15, -0.1) is 0 Å². The maximum Gasteiger partial charge on any atom is 0.255 e. The van der Waals surface area contributed by atoms with Crippen LogP contribution in [0.5, 0.6) is 5.75 Å². The van der Waals surface area contributed by atoms with Gasteiger partial charge in [0.2, 0.25) is 0 Å². The molecule has 6 heteroatoms. The van der Waals surface area contributed by atoms with Crippen molar-refractivity contribution in [3.8, 4) is 5.75 Å². The van der Waals surface area contributed by atoms with Gasteiger partial charge in [-0.1, -0.05) is 0 Å². The first-order valence-electron chi connectivity index (χ1n) is 6.20. The van der Waals surface area contributed by atoms with Gasteiger partial charge in [0, 0.05) is 6.07 Å². The Labute approximate surface area is 125 Å². The van der Waals surface area contributed by atoms with Crippen LogP contribution in [0.15, 0.2) is 27.9 Å². The smallest absolute Gasteiger partial charge is 0.255 e. The van der Waals surface area contributed by atoms with Gasteiger partial charge >= 0.3 is 0 Å². The second kappa shape index (κ2) is 6.26. The Bertz CT molecular complexity index is 572. The lowest BCUT2D eigenvalue weighted by Crippen LogP contribution is -2.20. The molecule has 1 N–H and O–H groups in total. The number of carbonyl (C=O) groups excluding carboxylic acids is 1. The molecule has 0 aromatic heterocycles. The summed E-state index contributed by atoms with van der Waals surface area (Å²) in [6.45, 7) is 2.40. The number of hydrogen-bond acceptors (Lipinski definition) is 3. The largest absolute Gasteiger partial charge is 0.498 e. The van der Waals surface area contributed by atoms with Crippen LogP contribution in [0.4, 0.5) is 10.1 Å². The maximum absolute atomic E-state index is 13.4. The number of nitrogens with one attached hydrogen (secondary N) is 1. The Hall–Kier alpha value is -1.56. The molecule has 4 nitrogen and oxygen atoms in total. The Balaban J connectivity index is 2.25. The molecule has 0 fully saturated rings. The molecule has 1 aliphatic rings. The van der Waals surface area contributed by atoms with Gasteiger partial charge < -0.3 is 14.8 Å². The van der Waals surface area contributed by atoms with Crippen molar-refractivity contribution in [2.75, 3.05) is 19.0 Å². The molecule has 0 saturated heterocycles. The molecule has 1 aromatic carbocycles. The molecule has 1 heterocycles. The van der Waals surface area contributed by atoms with Crippen molar-refractivity contribution in [2.24, 2.45) is 0 Å². The molecule has 0 unspecified atom stereocenters. The summed E-state index contributed by atoms with van der Waals surface area (Å²) in [5.74, 6) is 0.207. The first-order chi connectivity index (χ1) is 9.52. The second-order valence-electron chi connectivity index (χ2n) is 4.41. The van der Waals surface area contributed by atoms with Crippen molar-refractivity contribution in [1.82, 2.24) is 0 Å². The van der Waals surface area contributed by atoms with Crippen molar-refractivity contribution in [1.29, 1.82) is 0 Å². The summed E-state index contributed by atoms with van der Waals surface area (Å²) in [7, 11) is 1.42. The highest BCUT2D eigenvalue weighted by Gasteiger charge is 2.19. The quantitative estimate of drug-likeness (QED) is 0.911. The molecule has 2 rings (SSSR count). The molecule has 20 heavy (non-hydrogen) atoms. The van der Waals surface area contributed by atoms with E-state index in [-0.39, 0.29) is 16.1 Å². The minimum atomic E-state index is -0.448. The third-order valence-corrected chi connectivity index (χ3v) is 3.69. The fourth-order valence-corrected chi connectivity index (χ4v) is 2.35. The molecule has 108 valence electrons. The van der Waals surface area contributed by atoms with E-state index in [4.69, 9.17) is 9.47 Å². The third kappa shape index (κ3) is 3.12. The number of benzene rings is 1. The number of methoxy groups -OCH3 is 1. The number of carbonyl (C=O) groups is 1. The molecule has 0 bridgehead atoms. The average Bonchev–Trinajstić information content (AvgIpc) is 2.43. The molecule has 1 aliphatic heterocycles. The minimum Gasteiger partial charge on any atom is -0.498 e. The van der Waals surface area contributed by atoms with Crippen LogP contribution in [0, 0.1) is 5.82 Å². The molecule has 0 spiro atoms. The SMILES string of the molecule is COc1cc(F)c(Br)cc1NC(=O)C1=C(C)OCCC1. The van der Waals surface area contributed by atoms with E-state index in [1.165, 1.54) is 19.2 Å². The molecule has 0 radical (unpaired) electrons. The Morgan fingerprint density at radius 2 is 2.25 bits per heavy atom. The Morgan fingerprint density at radius 1 is 1.50 bits per heavy atom. The summed E-state index contributed by atoms with van der Waals surface area (Å²) >= 11 is 3.09. The monoisotopic (exact) mass is 343 g/mol. The van der Waals surface area contributed by atoms with Crippen molar-refractivity contribution in [3.63, 3.8) is 0 Å². The van der Waals surface area contributed by atoms with Crippen LogP contribution in [-0.4, -0.2) is 19.6 Å². The number of anilines is 1. The fraction of sp³-hybridized carbons (Fsp3) is 0.357. The van der Waals surface area contributed by atoms with E-state index in [0.29, 0.717) is 30.0 Å². The van der Waals surface area contributed by atoms with E-state index in [1.807, 2.05) is 0 Å². The molecular weight excluding hydrogens is 329 g/mol. The van der Waals surface area contributed by atoms with E-state index in [0.717, 1.165) is 6.42 Å². The van der Waals surface area contributed by atoms with E-state index in [9.17, 15) is 9.18 Å². The van der Waals surface area contributed by atoms with Crippen LogP contribution < -0.4 is 10.1 Å². The van der Waals surface area contributed by atoms with Crippen LogP contribution in [0.2, 0.25) is 0 Å². The summed E-state index contributed by atoms with van der Waals surface area (Å²) in [6.07, 6.45) is 1.48. The van der Waals surface area contributed by atoms with E-state index >= 15 is 0 Å². The van der Waals surface area contributed by atoms with Crippen molar-refractivity contribution < 1.29 is 18.7 Å². The van der Waals surface area contributed by atoms with E-state index in [2.05, 4.69) is 21.2 Å². The Morgan fingerprint density at radius 3 is 2.90 bits per heavy atom. The zero-order valence-corrected chi connectivity index (χ0v) is 12.8. The van der Waals surface area contributed by atoms with E-state index < -0.39 is 5.82 Å². The first-order valence-corrected chi connectivity index (χ1v) is 6.99. The fourth-order valence-electron chi connectivity index (χ4n) is 2.00. The predicted molar refractivity (Wildman–Crippen MR) is 77.2 cm³/mol. The highest BCUT2D eigenvalue weighted by molar-refractivity contribution is 9.10. The summed E-state index contributed by atoms with van der Waals surface area (Å²) in [5.41, 5.74) is 1.02. The summed E-state index contributed by atoms with van der Waals surface area (Å²) in [5, 5.41) is 2.73. The maximum atomic E-state index is 13.4. The lowest BCUT2D eigenvalue weighted by molar-refractivity contribution is -0.113. The number of halogens is 2. The lowest BCUT2D eigenvalue weighted by atomic mass is 10.1. The van der Waals surface area contributed by atoms with Crippen LogP contribution in [-0.2, 0) is 9.53 Å².